The van der Waals surface area contributed by atoms with Crippen LogP contribution in [0.4, 0.5) is 5.69 Å². The van der Waals surface area contributed by atoms with Gasteiger partial charge in [0, 0.05) is 16.2 Å². The molecule has 1 rings (SSSR count). The van der Waals surface area contributed by atoms with Gasteiger partial charge in [0.05, 0.1) is 7.11 Å². The Morgan fingerprint density at radius 3 is 2.30 bits per heavy atom. The first-order chi connectivity index (χ1) is 9.46. The number of Topliss-reactive ketones (excluding diaryl/α,β-unsaturated/α-hetero) is 1. The number of methoxy groups -OCH3 is 1. The molecule has 102 valence electrons. The van der Waals surface area contributed by atoms with Gasteiger partial charge in [-0.3, -0.25) is 4.79 Å². The number of ether oxygens (including phenoxy) is 1. The Balaban J connectivity index is 3.49. The fourth-order valence-electron chi connectivity index (χ4n) is 1.52. The van der Waals surface area contributed by atoms with E-state index in [-0.39, 0.29) is 11.3 Å². The first-order valence-corrected chi connectivity index (χ1v) is 5.47. The highest BCUT2D eigenvalue weighted by atomic mass is 16.5. The van der Waals surface area contributed by atoms with Crippen molar-refractivity contribution in [2.45, 2.75) is 13.8 Å². The quantitative estimate of drug-likeness (QED) is 0.159. The van der Waals surface area contributed by atoms with Crippen LogP contribution in [-0.4, -0.2) is 29.4 Å². The number of hydrogen-bond acceptors (Lipinski definition) is 4. The van der Waals surface area contributed by atoms with E-state index in [0.717, 1.165) is 18.2 Å². The largest absolute Gasteiger partial charge is 0.460 e. The molecule has 0 amide bonds. The van der Waals surface area contributed by atoms with E-state index >= 15 is 0 Å². The molecular weight excluding hydrogens is 262 g/mol. The topological polar surface area (TPSA) is 129 Å². The van der Waals surface area contributed by atoms with Crippen molar-refractivity contribution < 1.29 is 19.1 Å². The zero-order chi connectivity index (χ0) is 15.3. The lowest BCUT2D eigenvalue weighted by atomic mass is 9.99. The summed E-state index contributed by atoms with van der Waals surface area (Å²) in [5, 5.41) is 3.40. The van der Waals surface area contributed by atoms with Gasteiger partial charge in [-0.05, 0) is 42.6 Å². The minimum atomic E-state index is -1.08. The van der Waals surface area contributed by atoms with Gasteiger partial charge in [0.15, 0.2) is 0 Å². The maximum Gasteiger partial charge on any atom is 0.446 e. The molecule has 0 saturated carbocycles. The minimum absolute atomic E-state index is 0.0379. The molecule has 0 spiro atoms. The van der Waals surface area contributed by atoms with Crippen LogP contribution in [0, 0.1) is 13.8 Å². The molecular formula is C12H11N5O3. The summed E-state index contributed by atoms with van der Waals surface area (Å²) in [6.45, 7) is 3.53. The number of esters is 1. The summed E-state index contributed by atoms with van der Waals surface area (Å²) in [6.07, 6.45) is 0. The standard InChI is InChI=1S/C12H11N5O3/c1-6-4-8(9(16-17-14)5-7(6)2)11(18)10(15-13)12(19)20-3/h4-5H,1-3H3. The van der Waals surface area contributed by atoms with Crippen molar-refractivity contribution >= 4 is 23.2 Å². The van der Waals surface area contributed by atoms with E-state index in [9.17, 15) is 9.59 Å². The van der Waals surface area contributed by atoms with Crippen LogP contribution >= 0.6 is 0 Å². The zero-order valence-corrected chi connectivity index (χ0v) is 11.1. The molecule has 0 fully saturated rings. The number of benzene rings is 1. The maximum atomic E-state index is 12.2. The van der Waals surface area contributed by atoms with E-state index in [0.29, 0.717) is 0 Å². The number of nitrogens with zero attached hydrogens (tertiary/aromatic N) is 5. The monoisotopic (exact) mass is 273 g/mol. The molecule has 0 aliphatic heterocycles. The molecule has 0 aliphatic carbocycles. The molecule has 0 heterocycles. The van der Waals surface area contributed by atoms with Gasteiger partial charge < -0.3 is 10.3 Å². The predicted octanol–water partition coefficient (Wildman–Crippen LogP) is 2.27. The second-order valence-electron chi connectivity index (χ2n) is 3.91. The van der Waals surface area contributed by atoms with Crippen LogP contribution in [0.2, 0.25) is 0 Å². The highest BCUT2D eigenvalue weighted by molar-refractivity contribution is 6.66. The molecule has 0 atom stereocenters. The number of carbonyl (C=O) groups is 2. The third kappa shape index (κ3) is 2.89. The third-order valence-electron chi connectivity index (χ3n) is 2.70. The number of aryl methyl sites for hydroxylation is 2. The summed E-state index contributed by atoms with van der Waals surface area (Å²) in [4.78, 5) is 28.8. The average Bonchev–Trinajstić information content (AvgIpc) is 2.43. The van der Waals surface area contributed by atoms with Crippen LogP contribution in [0.25, 0.3) is 16.0 Å². The molecule has 1 aromatic rings. The summed E-state index contributed by atoms with van der Waals surface area (Å²) >= 11 is 0. The zero-order valence-electron chi connectivity index (χ0n) is 11.1. The second kappa shape index (κ2) is 6.29. The molecule has 8 nitrogen and oxygen atoms in total. The lowest BCUT2D eigenvalue weighted by Crippen LogP contribution is -2.26. The Bertz CT molecular complexity index is 683. The predicted molar refractivity (Wildman–Crippen MR) is 69.7 cm³/mol. The van der Waals surface area contributed by atoms with Crippen LogP contribution in [-0.2, 0) is 9.53 Å². The van der Waals surface area contributed by atoms with E-state index in [1.807, 2.05) is 0 Å². The van der Waals surface area contributed by atoms with E-state index in [2.05, 4.69) is 19.6 Å². The fourth-order valence-corrected chi connectivity index (χ4v) is 1.52. The third-order valence-corrected chi connectivity index (χ3v) is 2.70. The van der Waals surface area contributed by atoms with E-state index in [1.165, 1.54) is 12.1 Å². The number of rotatable bonds is 4. The first-order valence-electron chi connectivity index (χ1n) is 5.47. The fraction of sp³-hybridized carbons (Fsp3) is 0.250. The van der Waals surface area contributed by atoms with Crippen molar-refractivity contribution in [2.24, 2.45) is 5.11 Å². The first kappa shape index (κ1) is 15.1. The van der Waals surface area contributed by atoms with Crippen molar-refractivity contribution in [3.63, 3.8) is 0 Å². The van der Waals surface area contributed by atoms with Gasteiger partial charge in [-0.25, -0.2) is 4.79 Å². The SMILES string of the molecule is COC(=O)C(=[N+]=[N-])C(=O)c1cc(C)c(C)cc1N=[N+]=[N-]. The van der Waals surface area contributed by atoms with Gasteiger partial charge in [0.25, 0.3) is 5.78 Å². The molecule has 0 bridgehead atoms. The molecule has 0 N–H and O–H groups in total. The van der Waals surface area contributed by atoms with Crippen molar-refractivity contribution in [1.82, 2.24) is 0 Å². The number of azide groups is 1. The Kier molecular flexibility index (Phi) is 4.75. The smallest absolute Gasteiger partial charge is 0.446 e. The van der Waals surface area contributed by atoms with Crippen molar-refractivity contribution in [3.05, 3.63) is 44.8 Å². The maximum absolute atomic E-state index is 12.2. The summed E-state index contributed by atoms with van der Waals surface area (Å²) in [5.74, 6) is -1.97. The Hall–Kier alpha value is -2.95. The Morgan fingerprint density at radius 2 is 1.80 bits per heavy atom. The van der Waals surface area contributed by atoms with Crippen LogP contribution in [0.15, 0.2) is 17.2 Å². The van der Waals surface area contributed by atoms with Gasteiger partial charge >= 0.3 is 11.7 Å². The van der Waals surface area contributed by atoms with Crippen LogP contribution in [0.3, 0.4) is 0 Å². The van der Waals surface area contributed by atoms with Gasteiger partial charge in [-0.15, -0.1) is 0 Å². The van der Waals surface area contributed by atoms with Crippen molar-refractivity contribution in [1.29, 1.82) is 0 Å². The lowest BCUT2D eigenvalue weighted by Gasteiger charge is -2.06. The number of hydrogen-bond donors (Lipinski definition) is 0. The highest BCUT2D eigenvalue weighted by Crippen LogP contribution is 2.24. The molecule has 0 radical (unpaired) electrons. The molecule has 0 aliphatic rings. The van der Waals surface area contributed by atoms with Gasteiger partial charge in [0.2, 0.25) is 0 Å². The molecule has 1 aromatic carbocycles. The minimum Gasteiger partial charge on any atom is -0.460 e. The van der Waals surface area contributed by atoms with Crippen LogP contribution in [0.5, 0.6) is 0 Å². The van der Waals surface area contributed by atoms with E-state index in [4.69, 9.17) is 11.1 Å². The van der Waals surface area contributed by atoms with Gasteiger partial charge in [-0.1, -0.05) is 5.11 Å². The summed E-state index contributed by atoms with van der Waals surface area (Å²) < 4.78 is 4.35. The van der Waals surface area contributed by atoms with Crippen molar-refractivity contribution in [2.75, 3.05) is 7.11 Å². The lowest BCUT2D eigenvalue weighted by molar-refractivity contribution is -0.137. The second-order valence-corrected chi connectivity index (χ2v) is 3.91. The molecule has 0 saturated heterocycles. The number of carbonyl (C=O) groups excluding carboxylic acids is 2. The summed E-state index contributed by atoms with van der Waals surface area (Å²) in [6, 6.07) is 2.96. The van der Waals surface area contributed by atoms with Crippen molar-refractivity contribution in [3.8, 4) is 0 Å². The van der Waals surface area contributed by atoms with Gasteiger partial charge in [-0.2, -0.15) is 4.79 Å². The number of ketones is 1. The van der Waals surface area contributed by atoms with Crippen LogP contribution in [0.1, 0.15) is 21.5 Å². The summed E-state index contributed by atoms with van der Waals surface area (Å²) in [7, 11) is 1.05. The molecule has 20 heavy (non-hydrogen) atoms. The van der Waals surface area contributed by atoms with Gasteiger partial charge in [0.1, 0.15) is 0 Å². The Labute approximate surface area is 114 Å². The molecule has 0 aromatic heterocycles. The normalized spacial score (nSPS) is 9.15. The summed E-state index contributed by atoms with van der Waals surface area (Å²) in [5.41, 5.74) is 18.1. The van der Waals surface area contributed by atoms with E-state index < -0.39 is 17.5 Å². The van der Waals surface area contributed by atoms with Crippen LogP contribution < -0.4 is 0 Å². The molecule has 0 unspecified atom stereocenters. The highest BCUT2D eigenvalue weighted by Gasteiger charge is 2.33. The molecule has 8 heteroatoms. The average molecular weight is 273 g/mol. The van der Waals surface area contributed by atoms with E-state index in [1.54, 1.807) is 13.8 Å². The Morgan fingerprint density at radius 1 is 1.20 bits per heavy atom.